The molecule has 1 unspecified atom stereocenters. The highest BCUT2D eigenvalue weighted by atomic mass is 16.5. The number of hydrogen-bond donors (Lipinski definition) is 1. The van der Waals surface area contributed by atoms with Crippen molar-refractivity contribution in [2.24, 2.45) is 5.92 Å². The lowest BCUT2D eigenvalue weighted by Crippen LogP contribution is -2.12. The van der Waals surface area contributed by atoms with Gasteiger partial charge in [-0.1, -0.05) is 6.92 Å². The van der Waals surface area contributed by atoms with Crippen LogP contribution in [0.2, 0.25) is 0 Å². The molecule has 0 rings (SSSR count). The monoisotopic (exact) mass is 288 g/mol. The summed E-state index contributed by atoms with van der Waals surface area (Å²) < 4.78 is 10.3. The van der Waals surface area contributed by atoms with Crippen molar-refractivity contribution >= 4 is 17.5 Å². The number of carboxylic acid groups (broad SMARTS) is 1. The van der Waals surface area contributed by atoms with Gasteiger partial charge in [-0.2, -0.15) is 0 Å². The number of Topliss-reactive ketones (excluding diaryl/α,β-unsaturated/α-hetero) is 2. The summed E-state index contributed by atoms with van der Waals surface area (Å²) in [5, 5.41) is 8.68. The summed E-state index contributed by atoms with van der Waals surface area (Å²) in [6, 6.07) is 0. The van der Waals surface area contributed by atoms with Crippen LogP contribution in [0.25, 0.3) is 0 Å². The highest BCUT2D eigenvalue weighted by Gasteiger charge is 2.12. The molecule has 0 aromatic rings. The molecule has 6 heteroatoms. The number of carbonyl (C=O) groups excluding carboxylic acids is 2. The van der Waals surface area contributed by atoms with E-state index in [0.29, 0.717) is 45.5 Å². The lowest BCUT2D eigenvalue weighted by atomic mass is 10.0. The smallest absolute Gasteiger partial charge is 0.306 e. The Labute approximate surface area is 119 Å². The van der Waals surface area contributed by atoms with E-state index < -0.39 is 11.9 Å². The van der Waals surface area contributed by atoms with Crippen molar-refractivity contribution < 1.29 is 29.0 Å². The van der Waals surface area contributed by atoms with Gasteiger partial charge >= 0.3 is 5.97 Å². The molecule has 0 heterocycles. The Hall–Kier alpha value is -1.27. The minimum absolute atomic E-state index is 0.0221. The number of hydrogen-bond acceptors (Lipinski definition) is 5. The first-order chi connectivity index (χ1) is 9.43. The van der Waals surface area contributed by atoms with E-state index in [1.54, 1.807) is 6.92 Å². The highest BCUT2D eigenvalue weighted by Crippen LogP contribution is 2.08. The molecule has 0 saturated heterocycles. The fourth-order valence-corrected chi connectivity index (χ4v) is 1.43. The van der Waals surface area contributed by atoms with Crippen molar-refractivity contribution in [1.29, 1.82) is 0 Å². The number of rotatable bonds is 13. The third-order valence-corrected chi connectivity index (χ3v) is 2.70. The highest BCUT2D eigenvalue weighted by molar-refractivity contribution is 5.79. The molecule has 20 heavy (non-hydrogen) atoms. The third kappa shape index (κ3) is 11.8. The lowest BCUT2D eigenvalue weighted by Gasteiger charge is -2.06. The second kappa shape index (κ2) is 11.5. The van der Waals surface area contributed by atoms with Crippen molar-refractivity contribution in [3.8, 4) is 0 Å². The van der Waals surface area contributed by atoms with E-state index in [4.69, 9.17) is 14.6 Å². The van der Waals surface area contributed by atoms with Crippen LogP contribution in [0.15, 0.2) is 0 Å². The van der Waals surface area contributed by atoms with Crippen molar-refractivity contribution in [3.63, 3.8) is 0 Å². The second-order valence-corrected chi connectivity index (χ2v) is 4.79. The Balaban J connectivity index is 3.35. The van der Waals surface area contributed by atoms with E-state index in [1.165, 1.54) is 6.92 Å². The molecule has 0 radical (unpaired) electrons. The summed E-state index contributed by atoms with van der Waals surface area (Å²) in [4.78, 5) is 32.6. The molecule has 0 aliphatic rings. The van der Waals surface area contributed by atoms with Crippen LogP contribution < -0.4 is 0 Å². The van der Waals surface area contributed by atoms with Gasteiger partial charge in [-0.15, -0.1) is 0 Å². The van der Waals surface area contributed by atoms with Crippen LogP contribution in [0.3, 0.4) is 0 Å². The fraction of sp³-hybridized carbons (Fsp3) is 0.786. The van der Waals surface area contributed by atoms with Crippen LogP contribution in [0.5, 0.6) is 0 Å². The van der Waals surface area contributed by atoms with Gasteiger partial charge in [-0.05, 0) is 19.8 Å². The lowest BCUT2D eigenvalue weighted by molar-refractivity contribution is -0.141. The first-order valence-corrected chi connectivity index (χ1v) is 6.83. The summed E-state index contributed by atoms with van der Waals surface area (Å²) in [6.07, 6.45) is 1.71. The first kappa shape index (κ1) is 18.7. The quantitative estimate of drug-likeness (QED) is 0.516. The minimum Gasteiger partial charge on any atom is -0.481 e. The minimum atomic E-state index is -0.869. The van der Waals surface area contributed by atoms with Crippen molar-refractivity contribution in [2.75, 3.05) is 26.4 Å². The maximum Gasteiger partial charge on any atom is 0.306 e. The van der Waals surface area contributed by atoms with Crippen LogP contribution in [0.4, 0.5) is 0 Å². The van der Waals surface area contributed by atoms with E-state index in [1.807, 2.05) is 0 Å². The van der Waals surface area contributed by atoms with Crippen molar-refractivity contribution in [1.82, 2.24) is 0 Å². The zero-order chi connectivity index (χ0) is 15.4. The first-order valence-electron chi connectivity index (χ1n) is 6.83. The maximum atomic E-state index is 11.5. The summed E-state index contributed by atoms with van der Waals surface area (Å²) in [5.74, 6) is -1.30. The van der Waals surface area contributed by atoms with Crippen molar-refractivity contribution in [3.05, 3.63) is 0 Å². The third-order valence-electron chi connectivity index (χ3n) is 2.70. The molecule has 0 fully saturated rings. The van der Waals surface area contributed by atoms with Gasteiger partial charge in [0.1, 0.15) is 12.4 Å². The molecule has 0 aliphatic carbocycles. The van der Waals surface area contributed by atoms with Crippen LogP contribution in [0.1, 0.15) is 39.5 Å². The predicted octanol–water partition coefficient (Wildman–Crippen LogP) is 1.46. The Morgan fingerprint density at radius 1 is 1.05 bits per heavy atom. The number of ether oxygens (including phenoxy) is 2. The largest absolute Gasteiger partial charge is 0.481 e. The van der Waals surface area contributed by atoms with Gasteiger partial charge in [-0.3, -0.25) is 14.4 Å². The molecule has 0 amide bonds. The molecule has 116 valence electrons. The summed E-state index contributed by atoms with van der Waals surface area (Å²) in [6.45, 7) is 4.38. The number of carbonyl (C=O) groups is 3. The molecule has 6 nitrogen and oxygen atoms in total. The number of carboxylic acids is 1. The molecule has 0 bridgehead atoms. The number of aliphatic carboxylic acids is 1. The summed E-state index contributed by atoms with van der Waals surface area (Å²) in [7, 11) is 0. The second-order valence-electron chi connectivity index (χ2n) is 4.79. The molecule has 0 aliphatic heterocycles. The average Bonchev–Trinajstić information content (AvgIpc) is 2.38. The van der Waals surface area contributed by atoms with Crippen LogP contribution in [-0.2, 0) is 23.9 Å². The van der Waals surface area contributed by atoms with Crippen LogP contribution in [-0.4, -0.2) is 49.1 Å². The Kier molecular flexibility index (Phi) is 10.8. The summed E-state index contributed by atoms with van der Waals surface area (Å²) in [5.41, 5.74) is 0. The zero-order valence-electron chi connectivity index (χ0n) is 12.2. The Bertz CT molecular complexity index is 313. The van der Waals surface area contributed by atoms with Gasteiger partial charge in [-0.25, -0.2) is 0 Å². The van der Waals surface area contributed by atoms with Crippen LogP contribution >= 0.6 is 0 Å². The zero-order valence-corrected chi connectivity index (χ0v) is 12.2. The van der Waals surface area contributed by atoms with E-state index in [9.17, 15) is 14.4 Å². The van der Waals surface area contributed by atoms with E-state index in [0.717, 1.165) is 0 Å². The topological polar surface area (TPSA) is 89.9 Å². The normalized spacial score (nSPS) is 12.1. The van der Waals surface area contributed by atoms with Gasteiger partial charge in [0, 0.05) is 19.4 Å². The summed E-state index contributed by atoms with van der Waals surface area (Å²) >= 11 is 0. The predicted molar refractivity (Wildman–Crippen MR) is 72.6 cm³/mol. The van der Waals surface area contributed by atoms with Gasteiger partial charge in [0.2, 0.25) is 0 Å². The van der Waals surface area contributed by atoms with Crippen molar-refractivity contribution in [2.45, 2.75) is 39.5 Å². The van der Waals surface area contributed by atoms with E-state index in [2.05, 4.69) is 0 Å². The molecule has 0 aromatic heterocycles. The van der Waals surface area contributed by atoms with Gasteiger partial charge in [0.05, 0.1) is 19.1 Å². The van der Waals surface area contributed by atoms with E-state index >= 15 is 0 Å². The standard InChI is InChI=1S/C14H24O6/c1-11(14(17)18)5-6-13(16)4-3-7-19-8-9-20-10-12(2)15/h11H,3-10H2,1-2H3,(H,17,18). The van der Waals surface area contributed by atoms with Gasteiger partial charge < -0.3 is 14.6 Å². The van der Waals surface area contributed by atoms with E-state index in [-0.39, 0.29) is 18.2 Å². The Morgan fingerprint density at radius 3 is 2.30 bits per heavy atom. The van der Waals surface area contributed by atoms with Crippen LogP contribution in [0, 0.1) is 5.92 Å². The Morgan fingerprint density at radius 2 is 1.70 bits per heavy atom. The molecular formula is C14H24O6. The SMILES string of the molecule is CC(=O)COCCOCCCC(=O)CCC(C)C(=O)O. The fourth-order valence-electron chi connectivity index (χ4n) is 1.43. The van der Waals surface area contributed by atoms with Gasteiger partial charge in [0.15, 0.2) is 5.78 Å². The molecule has 1 atom stereocenters. The molecule has 1 N–H and O–H groups in total. The molecule has 0 spiro atoms. The number of ketones is 2. The average molecular weight is 288 g/mol. The molecular weight excluding hydrogens is 264 g/mol. The molecule has 0 aromatic carbocycles. The molecule has 0 saturated carbocycles. The van der Waals surface area contributed by atoms with Gasteiger partial charge in [0.25, 0.3) is 0 Å². The maximum absolute atomic E-state index is 11.5.